The Morgan fingerprint density at radius 2 is 2.00 bits per heavy atom. The minimum atomic E-state index is -0.159. The molecule has 0 atom stereocenters. The zero-order chi connectivity index (χ0) is 9.40. The van der Waals surface area contributed by atoms with E-state index < -0.39 is 0 Å². The Labute approximate surface area is 72.9 Å². The second-order valence-corrected chi connectivity index (χ2v) is 2.70. The highest BCUT2D eigenvalue weighted by molar-refractivity contribution is 5.75. The van der Waals surface area contributed by atoms with Gasteiger partial charge < -0.3 is 0 Å². The van der Waals surface area contributed by atoms with E-state index in [4.69, 9.17) is 0 Å². The quantitative estimate of drug-likeness (QED) is 0.455. The van der Waals surface area contributed by atoms with Gasteiger partial charge in [-0.25, -0.2) is 0 Å². The fraction of sp³-hybridized carbons (Fsp3) is 0.875. The average molecular weight is 172 g/mol. The molecular formula is C8H16N2O2. The van der Waals surface area contributed by atoms with Crippen LogP contribution in [0.3, 0.4) is 0 Å². The van der Waals surface area contributed by atoms with Gasteiger partial charge in [0.15, 0.2) is 0 Å². The molecule has 0 fully saturated rings. The molecule has 12 heavy (non-hydrogen) atoms. The molecule has 0 radical (unpaired) electrons. The number of carbonyl (C=O) groups excluding carboxylic acids is 1. The molecule has 0 aromatic rings. The summed E-state index contributed by atoms with van der Waals surface area (Å²) >= 11 is 0. The molecule has 0 spiro atoms. The molecule has 0 saturated carbocycles. The molecule has 4 heteroatoms. The molecule has 0 bridgehead atoms. The van der Waals surface area contributed by atoms with Crippen LogP contribution in [-0.4, -0.2) is 17.5 Å². The predicted molar refractivity (Wildman–Crippen MR) is 47.3 cm³/mol. The van der Waals surface area contributed by atoms with Crippen LogP contribution in [0.25, 0.3) is 0 Å². The zero-order valence-electron chi connectivity index (χ0n) is 7.75. The van der Waals surface area contributed by atoms with Gasteiger partial charge in [0.2, 0.25) is 5.91 Å². The third-order valence-corrected chi connectivity index (χ3v) is 1.57. The zero-order valence-corrected chi connectivity index (χ0v) is 7.75. The summed E-state index contributed by atoms with van der Waals surface area (Å²) in [6.45, 7) is 4.35. The van der Waals surface area contributed by atoms with Crippen LogP contribution in [-0.2, 0) is 4.79 Å². The monoisotopic (exact) mass is 172 g/mol. The Bertz CT molecular complexity index is 148. The van der Waals surface area contributed by atoms with Gasteiger partial charge in [0.05, 0.1) is 5.29 Å². The number of unbranched alkanes of at least 4 members (excludes halogenated alkanes) is 1. The predicted octanol–water partition coefficient (Wildman–Crippen LogP) is 2.10. The van der Waals surface area contributed by atoms with Crippen molar-refractivity contribution in [2.75, 3.05) is 6.54 Å². The SMILES string of the molecule is CCCCC(=O)N(CCC)N=O. The van der Waals surface area contributed by atoms with Crippen molar-refractivity contribution in [2.24, 2.45) is 5.29 Å². The van der Waals surface area contributed by atoms with Crippen LogP contribution in [0.15, 0.2) is 5.29 Å². The molecule has 0 saturated heterocycles. The van der Waals surface area contributed by atoms with Crippen molar-refractivity contribution in [2.45, 2.75) is 39.5 Å². The first kappa shape index (κ1) is 11.1. The van der Waals surface area contributed by atoms with E-state index in [0.717, 1.165) is 24.3 Å². The highest BCUT2D eigenvalue weighted by atomic mass is 16.3. The van der Waals surface area contributed by atoms with Crippen LogP contribution in [0.2, 0.25) is 0 Å². The first-order valence-corrected chi connectivity index (χ1v) is 4.39. The number of nitrogens with zero attached hydrogens (tertiary/aromatic N) is 2. The van der Waals surface area contributed by atoms with Gasteiger partial charge in [-0.15, -0.1) is 4.91 Å². The largest absolute Gasteiger partial charge is 0.273 e. The molecule has 4 nitrogen and oxygen atoms in total. The van der Waals surface area contributed by atoms with Crippen LogP contribution in [0, 0.1) is 4.91 Å². The van der Waals surface area contributed by atoms with Crippen LogP contribution >= 0.6 is 0 Å². The fourth-order valence-electron chi connectivity index (χ4n) is 0.880. The van der Waals surface area contributed by atoms with Crippen molar-refractivity contribution in [1.29, 1.82) is 0 Å². The molecule has 0 aliphatic rings. The summed E-state index contributed by atoms with van der Waals surface area (Å²) in [5.41, 5.74) is 0. The minimum Gasteiger partial charge on any atom is -0.273 e. The molecule has 0 aromatic carbocycles. The second-order valence-electron chi connectivity index (χ2n) is 2.70. The van der Waals surface area contributed by atoms with Crippen LogP contribution < -0.4 is 0 Å². The summed E-state index contributed by atoms with van der Waals surface area (Å²) in [5.74, 6) is -0.159. The molecule has 0 aliphatic carbocycles. The smallest absolute Gasteiger partial charge is 0.245 e. The Morgan fingerprint density at radius 3 is 2.42 bits per heavy atom. The van der Waals surface area contributed by atoms with E-state index in [9.17, 15) is 9.70 Å². The Balaban J connectivity index is 3.77. The van der Waals surface area contributed by atoms with Gasteiger partial charge in [-0.05, 0) is 12.8 Å². The van der Waals surface area contributed by atoms with E-state index in [0.29, 0.717) is 13.0 Å². The lowest BCUT2D eigenvalue weighted by Crippen LogP contribution is -2.25. The fourth-order valence-corrected chi connectivity index (χ4v) is 0.880. The van der Waals surface area contributed by atoms with Crippen molar-refractivity contribution < 1.29 is 4.79 Å². The van der Waals surface area contributed by atoms with Gasteiger partial charge in [0.1, 0.15) is 0 Å². The van der Waals surface area contributed by atoms with Crippen molar-refractivity contribution in [3.8, 4) is 0 Å². The summed E-state index contributed by atoms with van der Waals surface area (Å²) in [4.78, 5) is 21.3. The molecule has 0 heterocycles. The summed E-state index contributed by atoms with van der Waals surface area (Å²) in [6, 6.07) is 0. The third-order valence-electron chi connectivity index (χ3n) is 1.57. The number of carbonyl (C=O) groups is 1. The van der Waals surface area contributed by atoms with Gasteiger partial charge in [-0.1, -0.05) is 20.3 Å². The highest BCUT2D eigenvalue weighted by Gasteiger charge is 2.11. The standard InChI is InChI=1S/C8H16N2O2/c1-3-5-6-8(11)10(9-12)7-4-2/h3-7H2,1-2H3. The summed E-state index contributed by atoms with van der Waals surface area (Å²) in [6.07, 6.45) is 2.99. The van der Waals surface area contributed by atoms with E-state index in [-0.39, 0.29) is 5.91 Å². The molecule has 1 amide bonds. The Hall–Kier alpha value is -0.930. The van der Waals surface area contributed by atoms with Gasteiger partial charge in [0.25, 0.3) is 0 Å². The van der Waals surface area contributed by atoms with E-state index in [1.54, 1.807) is 0 Å². The Morgan fingerprint density at radius 1 is 1.33 bits per heavy atom. The number of rotatable bonds is 6. The lowest BCUT2D eigenvalue weighted by Gasteiger charge is -2.10. The van der Waals surface area contributed by atoms with E-state index >= 15 is 0 Å². The molecule has 0 rings (SSSR count). The summed E-state index contributed by atoms with van der Waals surface area (Å²) < 4.78 is 0. The molecular weight excluding hydrogens is 156 g/mol. The van der Waals surface area contributed by atoms with Gasteiger partial charge in [0, 0.05) is 13.0 Å². The van der Waals surface area contributed by atoms with Crippen molar-refractivity contribution >= 4 is 5.91 Å². The first-order chi connectivity index (χ1) is 5.76. The maximum absolute atomic E-state index is 11.2. The number of hydrogen-bond acceptors (Lipinski definition) is 3. The van der Waals surface area contributed by atoms with Crippen LogP contribution in [0.4, 0.5) is 0 Å². The van der Waals surface area contributed by atoms with Gasteiger partial charge >= 0.3 is 0 Å². The maximum Gasteiger partial charge on any atom is 0.245 e. The summed E-state index contributed by atoms with van der Waals surface area (Å²) in [5, 5.41) is 3.67. The number of hydrogen-bond donors (Lipinski definition) is 0. The van der Waals surface area contributed by atoms with Gasteiger partial charge in [-0.3, -0.25) is 4.79 Å². The highest BCUT2D eigenvalue weighted by Crippen LogP contribution is 2.01. The lowest BCUT2D eigenvalue weighted by molar-refractivity contribution is -0.131. The van der Waals surface area contributed by atoms with Crippen molar-refractivity contribution in [1.82, 2.24) is 5.01 Å². The lowest BCUT2D eigenvalue weighted by atomic mass is 10.2. The van der Waals surface area contributed by atoms with Gasteiger partial charge in [-0.2, -0.15) is 5.01 Å². The first-order valence-electron chi connectivity index (χ1n) is 4.39. The molecule has 0 N–H and O–H groups in total. The maximum atomic E-state index is 11.2. The van der Waals surface area contributed by atoms with Crippen LogP contribution in [0.1, 0.15) is 39.5 Å². The molecule has 70 valence electrons. The van der Waals surface area contributed by atoms with E-state index in [1.807, 2.05) is 13.8 Å². The van der Waals surface area contributed by atoms with E-state index in [2.05, 4.69) is 5.29 Å². The molecule has 0 aliphatic heterocycles. The molecule has 0 aromatic heterocycles. The number of nitroso groups, excluding NO2 is 1. The third kappa shape index (κ3) is 4.05. The summed E-state index contributed by atoms with van der Waals surface area (Å²) in [7, 11) is 0. The van der Waals surface area contributed by atoms with Crippen molar-refractivity contribution in [3.63, 3.8) is 0 Å². The normalized spacial score (nSPS) is 9.50. The number of amides is 1. The van der Waals surface area contributed by atoms with E-state index in [1.165, 1.54) is 0 Å². The van der Waals surface area contributed by atoms with Crippen LogP contribution in [0.5, 0.6) is 0 Å². The second kappa shape index (κ2) is 6.76. The van der Waals surface area contributed by atoms with Crippen molar-refractivity contribution in [3.05, 3.63) is 4.91 Å². The average Bonchev–Trinajstić information content (AvgIpc) is 2.10. The topological polar surface area (TPSA) is 49.7 Å². The minimum absolute atomic E-state index is 0.159. The molecule has 0 unspecified atom stereocenters. The Kier molecular flexibility index (Phi) is 6.24.